The second kappa shape index (κ2) is 7.61. The zero-order chi connectivity index (χ0) is 14.5. The van der Waals surface area contributed by atoms with Crippen molar-refractivity contribution in [2.75, 3.05) is 0 Å². The fraction of sp³-hybridized carbons (Fsp3) is 0.667. The molecule has 0 aliphatic carbocycles. The first-order chi connectivity index (χ1) is 8.34. The van der Waals surface area contributed by atoms with Gasteiger partial charge in [-0.05, 0) is 46.9 Å². The highest BCUT2D eigenvalue weighted by molar-refractivity contribution is 5.42. The smallest absolute Gasteiger partial charge is 0.0216 e. The molecule has 0 heterocycles. The second-order valence-electron chi connectivity index (χ2n) is 5.80. The highest BCUT2D eigenvalue weighted by Gasteiger charge is 2.14. The largest absolute Gasteiger partial charge is 0.0683 e. The van der Waals surface area contributed by atoms with E-state index in [4.69, 9.17) is 0 Å². The van der Waals surface area contributed by atoms with Crippen molar-refractivity contribution in [3.8, 4) is 0 Å². The molecule has 0 aromatic heterocycles. The van der Waals surface area contributed by atoms with Crippen LogP contribution in [0.1, 0.15) is 95.4 Å². The minimum absolute atomic E-state index is 0.621. The van der Waals surface area contributed by atoms with E-state index in [0.29, 0.717) is 17.8 Å². The Kier molecular flexibility index (Phi) is 7.28. The van der Waals surface area contributed by atoms with Crippen LogP contribution in [0.5, 0.6) is 0 Å². The van der Waals surface area contributed by atoms with Crippen LogP contribution >= 0.6 is 0 Å². The molecule has 1 aromatic rings. The average Bonchev–Trinajstić information content (AvgIpc) is 2.30. The first kappa shape index (κ1) is 17.2. The summed E-state index contributed by atoms with van der Waals surface area (Å²) in [5.74, 6) is 1.87. The molecular weight excluding hydrogens is 216 g/mol. The molecule has 18 heavy (non-hydrogen) atoms. The highest BCUT2D eigenvalue weighted by atomic mass is 14.2. The third-order valence-electron chi connectivity index (χ3n) is 3.34. The second-order valence-corrected chi connectivity index (χ2v) is 5.80. The number of benzene rings is 1. The molecular formula is C18H32. The van der Waals surface area contributed by atoms with E-state index in [-0.39, 0.29) is 0 Å². The van der Waals surface area contributed by atoms with Gasteiger partial charge >= 0.3 is 0 Å². The van der Waals surface area contributed by atoms with Crippen molar-refractivity contribution < 1.29 is 0 Å². The van der Waals surface area contributed by atoms with Crippen molar-refractivity contribution in [1.29, 1.82) is 0 Å². The number of aryl methyl sites for hydroxylation is 1. The van der Waals surface area contributed by atoms with Gasteiger partial charge in [-0.3, -0.25) is 0 Å². The van der Waals surface area contributed by atoms with Crippen LogP contribution in [0.4, 0.5) is 0 Å². The first-order valence-electron chi connectivity index (χ1n) is 7.48. The van der Waals surface area contributed by atoms with Gasteiger partial charge in [-0.2, -0.15) is 0 Å². The number of hydrogen-bond acceptors (Lipinski definition) is 0. The first-order valence-corrected chi connectivity index (χ1v) is 7.48. The normalized spacial score (nSPS) is 10.9. The molecule has 0 amide bonds. The van der Waals surface area contributed by atoms with Gasteiger partial charge in [0, 0.05) is 0 Å². The van der Waals surface area contributed by atoms with Crippen molar-refractivity contribution in [2.45, 2.75) is 80.1 Å². The summed E-state index contributed by atoms with van der Waals surface area (Å²) < 4.78 is 0. The average molecular weight is 248 g/mol. The maximum Gasteiger partial charge on any atom is -0.0216 e. The molecule has 0 radical (unpaired) electrons. The number of rotatable bonds is 3. The maximum atomic E-state index is 2.43. The van der Waals surface area contributed by atoms with Gasteiger partial charge in [0.2, 0.25) is 0 Å². The molecule has 0 N–H and O–H groups in total. The van der Waals surface area contributed by atoms with Crippen LogP contribution in [-0.2, 0) is 0 Å². The molecule has 0 heteroatoms. The Hall–Kier alpha value is -0.780. The molecule has 0 unspecified atom stereocenters. The van der Waals surface area contributed by atoms with Crippen molar-refractivity contribution in [3.63, 3.8) is 0 Å². The Morgan fingerprint density at radius 2 is 0.944 bits per heavy atom. The maximum absolute atomic E-state index is 2.43. The van der Waals surface area contributed by atoms with E-state index < -0.39 is 0 Å². The summed E-state index contributed by atoms with van der Waals surface area (Å²) in [6, 6.07) is 4.83. The van der Waals surface area contributed by atoms with E-state index in [1.807, 2.05) is 13.8 Å². The van der Waals surface area contributed by atoms with E-state index in [1.165, 1.54) is 22.3 Å². The molecule has 0 atom stereocenters. The SMILES string of the molecule is CC.Cc1cc(C(C)C)c(C(C)C)cc1C(C)C. The molecule has 0 nitrogen and oxygen atoms in total. The highest BCUT2D eigenvalue weighted by Crippen LogP contribution is 2.31. The Balaban J connectivity index is 0.00000137. The van der Waals surface area contributed by atoms with Crippen molar-refractivity contribution in [1.82, 2.24) is 0 Å². The third-order valence-corrected chi connectivity index (χ3v) is 3.34. The van der Waals surface area contributed by atoms with Crippen LogP contribution in [0, 0.1) is 6.92 Å². The van der Waals surface area contributed by atoms with E-state index in [1.54, 1.807) is 0 Å². The Bertz CT molecular complexity index is 357. The zero-order valence-corrected chi connectivity index (χ0v) is 13.9. The van der Waals surface area contributed by atoms with E-state index in [2.05, 4.69) is 60.6 Å². The summed E-state index contributed by atoms with van der Waals surface area (Å²) in [7, 11) is 0. The van der Waals surface area contributed by atoms with Crippen LogP contribution in [0.15, 0.2) is 12.1 Å². The van der Waals surface area contributed by atoms with Gasteiger partial charge in [-0.1, -0.05) is 67.5 Å². The monoisotopic (exact) mass is 248 g/mol. The molecule has 1 rings (SSSR count). The van der Waals surface area contributed by atoms with E-state index in [0.717, 1.165) is 0 Å². The lowest BCUT2D eigenvalue weighted by molar-refractivity contribution is 0.773. The number of hydrogen-bond donors (Lipinski definition) is 0. The molecule has 0 saturated carbocycles. The topological polar surface area (TPSA) is 0 Å². The van der Waals surface area contributed by atoms with Crippen LogP contribution in [-0.4, -0.2) is 0 Å². The summed E-state index contributed by atoms with van der Waals surface area (Å²) in [6.07, 6.45) is 0. The van der Waals surface area contributed by atoms with Gasteiger partial charge in [0.15, 0.2) is 0 Å². The summed E-state index contributed by atoms with van der Waals surface area (Å²) in [5, 5.41) is 0. The fourth-order valence-corrected chi connectivity index (χ4v) is 2.39. The molecule has 0 aliphatic rings. The molecule has 0 bridgehead atoms. The van der Waals surface area contributed by atoms with Crippen molar-refractivity contribution in [3.05, 3.63) is 34.4 Å². The Morgan fingerprint density at radius 3 is 1.28 bits per heavy atom. The van der Waals surface area contributed by atoms with E-state index >= 15 is 0 Å². The molecule has 104 valence electrons. The van der Waals surface area contributed by atoms with Crippen molar-refractivity contribution >= 4 is 0 Å². The predicted octanol–water partition coefficient (Wildman–Crippen LogP) is 6.39. The van der Waals surface area contributed by atoms with Gasteiger partial charge in [-0.25, -0.2) is 0 Å². The minimum Gasteiger partial charge on any atom is -0.0683 e. The Morgan fingerprint density at radius 1 is 0.611 bits per heavy atom. The molecule has 1 aromatic carbocycles. The van der Waals surface area contributed by atoms with Gasteiger partial charge in [0.1, 0.15) is 0 Å². The van der Waals surface area contributed by atoms with Crippen LogP contribution in [0.25, 0.3) is 0 Å². The standard InChI is InChI=1S/C16H26.C2H6/c1-10(2)14-9-16(12(5)6)15(11(3)4)8-13(14)7;1-2/h8-12H,1-7H3;1-2H3. The summed E-state index contributed by atoms with van der Waals surface area (Å²) in [4.78, 5) is 0. The molecule has 0 aliphatic heterocycles. The summed E-state index contributed by atoms with van der Waals surface area (Å²) in [6.45, 7) is 20.0. The van der Waals surface area contributed by atoms with Crippen molar-refractivity contribution in [2.24, 2.45) is 0 Å². The van der Waals surface area contributed by atoms with Gasteiger partial charge in [0.25, 0.3) is 0 Å². The van der Waals surface area contributed by atoms with E-state index in [9.17, 15) is 0 Å². The Labute approximate surface area is 115 Å². The minimum atomic E-state index is 0.621. The third kappa shape index (κ3) is 4.15. The zero-order valence-electron chi connectivity index (χ0n) is 13.9. The predicted molar refractivity (Wildman–Crippen MR) is 84.8 cm³/mol. The quantitative estimate of drug-likeness (QED) is 0.581. The fourth-order valence-electron chi connectivity index (χ4n) is 2.39. The van der Waals surface area contributed by atoms with Crippen LogP contribution in [0.3, 0.4) is 0 Å². The van der Waals surface area contributed by atoms with Gasteiger partial charge in [-0.15, -0.1) is 0 Å². The lowest BCUT2D eigenvalue weighted by Crippen LogP contribution is -2.03. The van der Waals surface area contributed by atoms with Gasteiger partial charge < -0.3 is 0 Å². The lowest BCUT2D eigenvalue weighted by atomic mass is 9.85. The summed E-state index contributed by atoms with van der Waals surface area (Å²) in [5.41, 5.74) is 6.01. The molecule has 0 saturated heterocycles. The van der Waals surface area contributed by atoms with Crippen LogP contribution in [0.2, 0.25) is 0 Å². The lowest BCUT2D eigenvalue weighted by Gasteiger charge is -2.21. The molecule has 0 spiro atoms. The molecule has 0 fully saturated rings. The summed E-state index contributed by atoms with van der Waals surface area (Å²) >= 11 is 0. The van der Waals surface area contributed by atoms with Crippen LogP contribution < -0.4 is 0 Å². The van der Waals surface area contributed by atoms with Gasteiger partial charge in [0.05, 0.1) is 0 Å².